The van der Waals surface area contributed by atoms with E-state index in [1.807, 2.05) is 30.3 Å². The van der Waals surface area contributed by atoms with E-state index >= 15 is 0 Å². The Balaban J connectivity index is 0.00000176. The van der Waals surface area contributed by atoms with E-state index in [1.54, 1.807) is 0 Å². The number of benzene rings is 1. The molecule has 1 fully saturated rings. The maximum absolute atomic E-state index is 12.0. The molecule has 2 N–H and O–H groups in total. The number of hydrogen-bond donors (Lipinski definition) is 2. The number of carbonyl (C=O) groups excluding carboxylic acids is 1. The second-order valence-corrected chi connectivity index (χ2v) is 5.19. The zero-order chi connectivity index (χ0) is 14.5. The summed E-state index contributed by atoms with van der Waals surface area (Å²) in [5, 5.41) is 14.6. The smallest absolute Gasteiger partial charge is 0.273 e. The van der Waals surface area contributed by atoms with Gasteiger partial charge in [0.25, 0.3) is 5.91 Å². The summed E-state index contributed by atoms with van der Waals surface area (Å²) in [6.45, 7) is 1.75. The second-order valence-electron chi connectivity index (χ2n) is 5.19. The normalized spacial score (nSPS) is 17.0. The van der Waals surface area contributed by atoms with Crippen LogP contribution in [0.1, 0.15) is 29.8 Å². The van der Waals surface area contributed by atoms with Gasteiger partial charge in [-0.1, -0.05) is 18.2 Å². The van der Waals surface area contributed by atoms with Gasteiger partial charge in [0.15, 0.2) is 5.69 Å². The van der Waals surface area contributed by atoms with Crippen LogP contribution in [0.3, 0.4) is 0 Å². The highest BCUT2D eigenvalue weighted by Crippen LogP contribution is 2.08. The zero-order valence-electron chi connectivity index (χ0n) is 12.2. The fraction of sp³-hybridized carbons (Fsp3) is 0.400. The van der Waals surface area contributed by atoms with Gasteiger partial charge in [0.1, 0.15) is 0 Å². The summed E-state index contributed by atoms with van der Waals surface area (Å²) in [7, 11) is 0. The number of nitrogens with one attached hydrogen (secondary N) is 2. The van der Waals surface area contributed by atoms with Crippen LogP contribution < -0.4 is 10.6 Å². The van der Waals surface area contributed by atoms with Crippen molar-refractivity contribution in [2.24, 2.45) is 0 Å². The minimum Gasteiger partial charge on any atom is -0.351 e. The standard InChI is InChI=1S/C15H19N5O.ClH/c21-15(17-10-8-12-5-4-9-16-12)14-11-18-20(19-14)13-6-2-1-3-7-13;/h1-3,6-7,11-12,16H,4-5,8-10H2,(H,17,21);1H/t12-;/m1./s1. The van der Waals surface area contributed by atoms with Crippen LogP contribution in [0.15, 0.2) is 36.5 Å². The third-order valence-electron chi connectivity index (χ3n) is 3.65. The SMILES string of the molecule is Cl.O=C(NCC[C@H]1CCCN1)c1cnn(-c2ccccc2)n1. The van der Waals surface area contributed by atoms with E-state index in [9.17, 15) is 4.79 Å². The van der Waals surface area contributed by atoms with Crippen molar-refractivity contribution in [2.75, 3.05) is 13.1 Å². The molecule has 1 atom stereocenters. The van der Waals surface area contributed by atoms with Crippen LogP contribution in [0.5, 0.6) is 0 Å². The molecule has 1 saturated heterocycles. The van der Waals surface area contributed by atoms with E-state index < -0.39 is 0 Å². The van der Waals surface area contributed by atoms with Gasteiger partial charge in [0.2, 0.25) is 0 Å². The van der Waals surface area contributed by atoms with Gasteiger partial charge in [-0.2, -0.15) is 9.90 Å². The van der Waals surface area contributed by atoms with Crippen LogP contribution in [-0.2, 0) is 0 Å². The maximum Gasteiger partial charge on any atom is 0.273 e. The fourth-order valence-electron chi connectivity index (χ4n) is 2.51. The molecule has 0 spiro atoms. The number of amides is 1. The molecular formula is C15H20ClN5O. The molecule has 3 rings (SSSR count). The number of nitrogens with zero attached hydrogens (tertiary/aromatic N) is 3. The Morgan fingerprint density at radius 2 is 2.18 bits per heavy atom. The van der Waals surface area contributed by atoms with E-state index in [1.165, 1.54) is 23.8 Å². The predicted octanol–water partition coefficient (Wildman–Crippen LogP) is 1.56. The van der Waals surface area contributed by atoms with Crippen molar-refractivity contribution in [3.63, 3.8) is 0 Å². The molecule has 6 nitrogen and oxygen atoms in total. The number of carbonyl (C=O) groups is 1. The van der Waals surface area contributed by atoms with Gasteiger partial charge in [-0.25, -0.2) is 0 Å². The van der Waals surface area contributed by atoms with Crippen molar-refractivity contribution in [1.29, 1.82) is 0 Å². The minimum atomic E-state index is -0.171. The van der Waals surface area contributed by atoms with Crippen LogP contribution in [-0.4, -0.2) is 40.0 Å². The average molecular weight is 322 g/mol. The van der Waals surface area contributed by atoms with Crippen molar-refractivity contribution < 1.29 is 4.79 Å². The molecule has 0 aliphatic carbocycles. The van der Waals surface area contributed by atoms with Crippen molar-refractivity contribution in [3.8, 4) is 5.69 Å². The van der Waals surface area contributed by atoms with Gasteiger partial charge in [0, 0.05) is 12.6 Å². The highest BCUT2D eigenvalue weighted by Gasteiger charge is 2.15. The second kappa shape index (κ2) is 7.91. The molecule has 1 aromatic heterocycles. The Bertz CT molecular complexity index is 595. The quantitative estimate of drug-likeness (QED) is 0.876. The van der Waals surface area contributed by atoms with Gasteiger partial charge in [-0.15, -0.1) is 17.5 Å². The molecular weight excluding hydrogens is 302 g/mol. The molecule has 2 heterocycles. The Morgan fingerprint density at radius 3 is 2.91 bits per heavy atom. The summed E-state index contributed by atoms with van der Waals surface area (Å²) >= 11 is 0. The van der Waals surface area contributed by atoms with Gasteiger partial charge in [-0.3, -0.25) is 4.79 Å². The van der Waals surface area contributed by atoms with Crippen LogP contribution >= 0.6 is 12.4 Å². The zero-order valence-corrected chi connectivity index (χ0v) is 13.1. The van der Waals surface area contributed by atoms with E-state index in [2.05, 4.69) is 20.8 Å². The van der Waals surface area contributed by atoms with E-state index in [0.29, 0.717) is 18.3 Å². The average Bonchev–Trinajstić information content (AvgIpc) is 3.20. The predicted molar refractivity (Wildman–Crippen MR) is 86.6 cm³/mol. The Kier molecular flexibility index (Phi) is 5.91. The molecule has 0 radical (unpaired) electrons. The van der Waals surface area contributed by atoms with E-state index in [0.717, 1.165) is 18.7 Å². The summed E-state index contributed by atoms with van der Waals surface area (Å²) in [6.07, 6.45) is 4.87. The van der Waals surface area contributed by atoms with Crippen molar-refractivity contribution >= 4 is 18.3 Å². The van der Waals surface area contributed by atoms with Crippen molar-refractivity contribution in [2.45, 2.75) is 25.3 Å². The highest BCUT2D eigenvalue weighted by molar-refractivity contribution is 5.91. The number of halogens is 1. The van der Waals surface area contributed by atoms with Gasteiger partial charge >= 0.3 is 0 Å². The lowest BCUT2D eigenvalue weighted by molar-refractivity contribution is 0.0947. The number of aromatic nitrogens is 3. The van der Waals surface area contributed by atoms with Gasteiger partial charge in [0.05, 0.1) is 11.9 Å². The first-order valence-electron chi connectivity index (χ1n) is 7.32. The minimum absolute atomic E-state index is 0. The molecule has 1 aliphatic heterocycles. The topological polar surface area (TPSA) is 71.8 Å². The molecule has 7 heteroatoms. The molecule has 118 valence electrons. The molecule has 1 aromatic carbocycles. The molecule has 0 bridgehead atoms. The maximum atomic E-state index is 12.0. The summed E-state index contributed by atoms with van der Waals surface area (Å²) in [5.74, 6) is -0.171. The molecule has 2 aromatic rings. The Hall–Kier alpha value is -1.92. The number of para-hydroxylation sites is 1. The van der Waals surface area contributed by atoms with Crippen LogP contribution in [0.25, 0.3) is 5.69 Å². The first-order valence-corrected chi connectivity index (χ1v) is 7.32. The molecule has 1 aliphatic rings. The molecule has 0 unspecified atom stereocenters. The van der Waals surface area contributed by atoms with Gasteiger partial charge in [-0.05, 0) is 37.9 Å². The first-order chi connectivity index (χ1) is 10.3. The monoisotopic (exact) mass is 321 g/mol. The van der Waals surface area contributed by atoms with Crippen LogP contribution in [0, 0.1) is 0 Å². The largest absolute Gasteiger partial charge is 0.351 e. The van der Waals surface area contributed by atoms with Crippen molar-refractivity contribution in [3.05, 3.63) is 42.2 Å². The summed E-state index contributed by atoms with van der Waals surface area (Å²) in [6, 6.07) is 10.1. The lowest BCUT2D eigenvalue weighted by Gasteiger charge is -2.09. The van der Waals surface area contributed by atoms with Crippen LogP contribution in [0.2, 0.25) is 0 Å². The third-order valence-corrected chi connectivity index (χ3v) is 3.65. The first kappa shape index (κ1) is 16.5. The van der Waals surface area contributed by atoms with E-state index in [-0.39, 0.29) is 18.3 Å². The third kappa shape index (κ3) is 4.05. The molecule has 1 amide bonds. The number of hydrogen-bond acceptors (Lipinski definition) is 4. The fourth-order valence-corrected chi connectivity index (χ4v) is 2.51. The molecule has 22 heavy (non-hydrogen) atoms. The summed E-state index contributed by atoms with van der Waals surface area (Å²) in [5.41, 5.74) is 1.19. The Morgan fingerprint density at radius 1 is 1.36 bits per heavy atom. The summed E-state index contributed by atoms with van der Waals surface area (Å²) < 4.78 is 0. The lowest BCUT2D eigenvalue weighted by Crippen LogP contribution is -2.30. The summed E-state index contributed by atoms with van der Waals surface area (Å²) in [4.78, 5) is 13.5. The van der Waals surface area contributed by atoms with Crippen LogP contribution in [0.4, 0.5) is 0 Å². The number of rotatable bonds is 5. The Labute approximate surface area is 135 Å². The van der Waals surface area contributed by atoms with Gasteiger partial charge < -0.3 is 10.6 Å². The lowest BCUT2D eigenvalue weighted by atomic mass is 10.1. The molecule has 0 saturated carbocycles. The highest BCUT2D eigenvalue weighted by atomic mass is 35.5. The van der Waals surface area contributed by atoms with E-state index in [4.69, 9.17) is 0 Å². The van der Waals surface area contributed by atoms with Crippen molar-refractivity contribution in [1.82, 2.24) is 25.6 Å².